The third-order valence-electron chi connectivity index (χ3n) is 5.56. The zero-order valence-electron chi connectivity index (χ0n) is 18.5. The Bertz CT molecular complexity index is 1730. The molecule has 0 spiro atoms. The number of aliphatic hydroxyl groups is 1. The average Bonchev–Trinajstić information content (AvgIpc) is 3.19. The van der Waals surface area contributed by atoms with E-state index in [1.165, 1.54) is 4.57 Å². The van der Waals surface area contributed by atoms with E-state index < -0.39 is 0 Å². The van der Waals surface area contributed by atoms with Gasteiger partial charge in [-0.05, 0) is 42.5 Å². The quantitative estimate of drug-likeness (QED) is 0.148. The van der Waals surface area contributed by atoms with Crippen LogP contribution in [0.1, 0.15) is 5.82 Å². The van der Waals surface area contributed by atoms with Crippen molar-refractivity contribution >= 4 is 50.9 Å². The number of allylic oxidation sites excluding steroid dienone is 1. The number of benzene rings is 3. The van der Waals surface area contributed by atoms with Crippen LogP contribution < -0.4 is 5.56 Å². The third kappa shape index (κ3) is 4.16. The molecule has 0 fully saturated rings. The van der Waals surface area contributed by atoms with Gasteiger partial charge in [-0.1, -0.05) is 53.7 Å². The number of nitriles is 1. The monoisotopic (exact) mass is 499 g/mol. The van der Waals surface area contributed by atoms with Crippen molar-refractivity contribution in [2.45, 2.75) is 5.16 Å². The van der Waals surface area contributed by atoms with E-state index in [0.717, 1.165) is 22.8 Å². The molecule has 5 aromatic rings. The van der Waals surface area contributed by atoms with Gasteiger partial charge < -0.3 is 9.67 Å². The summed E-state index contributed by atoms with van der Waals surface area (Å²) in [6.07, 6.45) is 0. The molecule has 1 N–H and O–H groups in total. The second-order valence-electron chi connectivity index (χ2n) is 7.74. The van der Waals surface area contributed by atoms with Crippen LogP contribution in [0.4, 0.5) is 0 Å². The van der Waals surface area contributed by atoms with E-state index in [1.54, 1.807) is 54.1 Å². The summed E-state index contributed by atoms with van der Waals surface area (Å²) in [6, 6.07) is 23.6. The lowest BCUT2D eigenvalue weighted by molar-refractivity contribution is 0.420. The molecule has 0 radical (unpaired) electrons. The molecule has 0 saturated heterocycles. The molecule has 0 aliphatic carbocycles. The van der Waals surface area contributed by atoms with E-state index in [2.05, 4.69) is 16.0 Å². The molecule has 0 aliphatic heterocycles. The topological polar surface area (TPSA) is 96.7 Å². The number of halogens is 1. The molecule has 9 heteroatoms. The number of para-hydroxylation sites is 3. The first-order valence-electron chi connectivity index (χ1n) is 10.6. The molecule has 0 amide bonds. The predicted molar refractivity (Wildman–Crippen MR) is 139 cm³/mol. The van der Waals surface area contributed by atoms with Gasteiger partial charge >= 0.3 is 0 Å². The number of aromatic nitrogens is 4. The lowest BCUT2D eigenvalue weighted by atomic mass is 10.2. The van der Waals surface area contributed by atoms with E-state index in [4.69, 9.17) is 11.6 Å². The van der Waals surface area contributed by atoms with Crippen molar-refractivity contribution < 1.29 is 5.11 Å². The van der Waals surface area contributed by atoms with Crippen LogP contribution in [0.5, 0.6) is 0 Å². The number of thioether (sulfide) groups is 1. The maximum atomic E-state index is 13.4. The van der Waals surface area contributed by atoms with E-state index in [1.807, 2.05) is 30.3 Å². The predicted octanol–water partition coefficient (Wildman–Crippen LogP) is 5.51. The normalized spacial score (nSPS) is 12.0. The van der Waals surface area contributed by atoms with E-state index in [0.29, 0.717) is 32.6 Å². The Kier molecular flexibility index (Phi) is 6.03. The Morgan fingerprint density at radius 3 is 2.54 bits per heavy atom. The number of fused-ring (bicyclic) bond motifs is 2. The summed E-state index contributed by atoms with van der Waals surface area (Å²) in [7, 11) is 1.80. The van der Waals surface area contributed by atoms with Gasteiger partial charge in [0, 0.05) is 12.1 Å². The van der Waals surface area contributed by atoms with E-state index >= 15 is 0 Å². The average molecular weight is 500 g/mol. The van der Waals surface area contributed by atoms with Crippen LogP contribution >= 0.6 is 23.4 Å². The van der Waals surface area contributed by atoms with Crippen molar-refractivity contribution in [1.82, 2.24) is 19.1 Å². The summed E-state index contributed by atoms with van der Waals surface area (Å²) >= 11 is 7.34. The number of hydrogen-bond acceptors (Lipinski definition) is 6. The summed E-state index contributed by atoms with van der Waals surface area (Å²) in [4.78, 5) is 22.6. The molecule has 172 valence electrons. The van der Waals surface area contributed by atoms with Crippen LogP contribution in [0.25, 0.3) is 33.2 Å². The van der Waals surface area contributed by atoms with Crippen LogP contribution in [-0.2, 0) is 7.05 Å². The highest BCUT2D eigenvalue weighted by atomic mass is 35.5. The number of nitrogens with zero attached hydrogens (tertiary/aromatic N) is 5. The van der Waals surface area contributed by atoms with Gasteiger partial charge in [-0.15, -0.1) is 0 Å². The van der Waals surface area contributed by atoms with Gasteiger partial charge in [-0.3, -0.25) is 9.36 Å². The first-order valence-corrected chi connectivity index (χ1v) is 12.0. The maximum absolute atomic E-state index is 13.4. The third-order valence-corrected chi connectivity index (χ3v) is 6.75. The number of rotatable bonds is 5. The second-order valence-corrected chi connectivity index (χ2v) is 9.12. The fourth-order valence-electron chi connectivity index (χ4n) is 3.87. The van der Waals surface area contributed by atoms with Gasteiger partial charge in [0.1, 0.15) is 17.4 Å². The van der Waals surface area contributed by atoms with Gasteiger partial charge in [-0.25, -0.2) is 9.97 Å². The number of imidazole rings is 1. The molecule has 2 aromatic heterocycles. The molecule has 0 aliphatic rings. The minimum atomic E-state index is -0.250. The van der Waals surface area contributed by atoms with Gasteiger partial charge in [0.2, 0.25) is 0 Å². The van der Waals surface area contributed by atoms with Crippen molar-refractivity contribution in [1.29, 1.82) is 5.26 Å². The summed E-state index contributed by atoms with van der Waals surface area (Å²) in [5.41, 5.74) is 2.49. The van der Waals surface area contributed by atoms with Crippen LogP contribution in [0.15, 0.2) is 88.5 Å². The molecule has 0 unspecified atom stereocenters. The van der Waals surface area contributed by atoms with Crippen molar-refractivity contribution in [2.24, 2.45) is 7.05 Å². The van der Waals surface area contributed by atoms with E-state index in [-0.39, 0.29) is 22.6 Å². The highest BCUT2D eigenvalue weighted by Crippen LogP contribution is 2.27. The highest BCUT2D eigenvalue weighted by Gasteiger charge is 2.19. The zero-order valence-corrected chi connectivity index (χ0v) is 20.1. The van der Waals surface area contributed by atoms with Crippen LogP contribution in [0.2, 0.25) is 5.02 Å². The van der Waals surface area contributed by atoms with Gasteiger partial charge in [0.15, 0.2) is 11.0 Å². The molecule has 35 heavy (non-hydrogen) atoms. The van der Waals surface area contributed by atoms with E-state index in [9.17, 15) is 15.2 Å². The van der Waals surface area contributed by atoms with Gasteiger partial charge in [0.25, 0.3) is 5.56 Å². The Labute approximate surface area is 209 Å². The summed E-state index contributed by atoms with van der Waals surface area (Å²) < 4.78 is 3.23. The summed E-state index contributed by atoms with van der Waals surface area (Å²) in [6.45, 7) is 0. The molecular formula is C26H18ClN5O2S. The largest absolute Gasteiger partial charge is 0.510 e. The Balaban J connectivity index is 1.59. The number of aryl methyl sites for hydroxylation is 1. The maximum Gasteiger partial charge on any atom is 0.266 e. The van der Waals surface area contributed by atoms with Crippen LogP contribution in [0.3, 0.4) is 0 Å². The molecule has 0 atom stereocenters. The summed E-state index contributed by atoms with van der Waals surface area (Å²) in [5.74, 6) is 0.221. The Hall–Kier alpha value is -4.06. The Morgan fingerprint density at radius 1 is 1.06 bits per heavy atom. The minimum Gasteiger partial charge on any atom is -0.510 e. The zero-order chi connectivity index (χ0) is 24.5. The second kappa shape index (κ2) is 9.29. The molecule has 3 aromatic carbocycles. The fraction of sp³-hybridized carbons (Fsp3) is 0.0769. The smallest absolute Gasteiger partial charge is 0.266 e. The van der Waals surface area contributed by atoms with Crippen molar-refractivity contribution in [3.63, 3.8) is 0 Å². The molecule has 5 rings (SSSR count). The number of aliphatic hydroxyl groups excluding tert-OH is 1. The lowest BCUT2D eigenvalue weighted by Crippen LogP contribution is -2.22. The van der Waals surface area contributed by atoms with Gasteiger partial charge in [-0.2, -0.15) is 5.26 Å². The summed E-state index contributed by atoms with van der Waals surface area (Å²) in [5, 5.41) is 22.1. The SMILES string of the molecule is Cn1c(/C(C#N)=C(\O)CSc2nc3ccccc3c(=O)n2-c2cccc(Cl)c2)nc2ccccc21. The Morgan fingerprint density at radius 2 is 1.80 bits per heavy atom. The molecule has 2 heterocycles. The molecular weight excluding hydrogens is 482 g/mol. The van der Waals surface area contributed by atoms with Crippen molar-refractivity contribution in [3.05, 3.63) is 99.8 Å². The molecule has 0 saturated carbocycles. The number of hydrogen-bond donors (Lipinski definition) is 1. The molecule has 7 nitrogen and oxygen atoms in total. The van der Waals surface area contributed by atoms with Crippen LogP contribution in [0, 0.1) is 11.3 Å². The van der Waals surface area contributed by atoms with Gasteiger partial charge in [0.05, 0.1) is 33.4 Å². The van der Waals surface area contributed by atoms with Crippen LogP contribution in [-0.4, -0.2) is 30.0 Å². The lowest BCUT2D eigenvalue weighted by Gasteiger charge is -2.13. The minimum absolute atomic E-state index is 0.0114. The first kappa shape index (κ1) is 22.7. The highest BCUT2D eigenvalue weighted by molar-refractivity contribution is 7.99. The van der Waals surface area contributed by atoms with Crippen molar-refractivity contribution in [2.75, 3.05) is 5.75 Å². The fourth-order valence-corrected chi connectivity index (χ4v) is 4.94. The molecule has 0 bridgehead atoms. The standard InChI is InChI=1S/C26H18ClN5O2S/c1-31-22-12-5-4-11-21(22)29-24(31)19(14-28)23(33)15-35-26-30-20-10-3-2-9-18(20)25(34)32(26)17-8-6-7-16(27)13-17/h2-13,33H,15H2,1H3/b23-19-. The first-order chi connectivity index (χ1) is 17.0. The van der Waals surface area contributed by atoms with Crippen molar-refractivity contribution in [3.8, 4) is 11.8 Å².